The van der Waals surface area contributed by atoms with Gasteiger partial charge in [0.2, 0.25) is 5.91 Å². The monoisotopic (exact) mass is 228 g/mol. The lowest BCUT2D eigenvalue weighted by molar-refractivity contribution is -0.135. The lowest BCUT2D eigenvalue weighted by Crippen LogP contribution is -2.41. The van der Waals surface area contributed by atoms with Gasteiger partial charge in [0.05, 0.1) is 6.10 Å². The van der Waals surface area contributed by atoms with Crippen LogP contribution in [0.2, 0.25) is 0 Å². The second kappa shape index (κ2) is 6.21. The maximum absolute atomic E-state index is 11.7. The fourth-order valence-corrected chi connectivity index (χ4v) is 1.91. The largest absolute Gasteiger partial charge is 0.365 e. The Labute approximate surface area is 97.9 Å². The minimum absolute atomic E-state index is 0.0187. The maximum Gasteiger partial charge on any atom is 0.249 e. The molecule has 3 N–H and O–H groups in total. The molecular weight excluding hydrogens is 204 g/mol. The van der Waals surface area contributed by atoms with E-state index in [9.17, 15) is 4.79 Å². The van der Waals surface area contributed by atoms with Gasteiger partial charge < -0.3 is 15.8 Å². The van der Waals surface area contributed by atoms with Crippen LogP contribution < -0.4 is 11.1 Å². The van der Waals surface area contributed by atoms with Gasteiger partial charge in [-0.3, -0.25) is 4.79 Å². The summed E-state index contributed by atoms with van der Waals surface area (Å²) in [4.78, 5) is 11.7. The zero-order valence-electron chi connectivity index (χ0n) is 10.5. The molecule has 1 amide bonds. The highest BCUT2D eigenvalue weighted by Gasteiger charge is 2.26. The Balaban J connectivity index is 2.28. The predicted octanol–water partition coefficient (Wildman–Crippen LogP) is 1.19. The number of rotatable bonds is 5. The molecule has 0 heterocycles. The number of ether oxygens (including phenoxy) is 1. The van der Waals surface area contributed by atoms with Crippen LogP contribution >= 0.6 is 0 Å². The van der Waals surface area contributed by atoms with Crippen LogP contribution in [0.4, 0.5) is 0 Å². The normalized spacial score (nSPS) is 28.8. The molecule has 0 aromatic carbocycles. The van der Waals surface area contributed by atoms with Gasteiger partial charge in [-0.05, 0) is 39.5 Å². The SMILES string of the molecule is CCC(C)NC(=O)C(C)OC1CCC(N)C1. The first-order valence-corrected chi connectivity index (χ1v) is 6.24. The number of hydrogen-bond acceptors (Lipinski definition) is 3. The number of carbonyl (C=O) groups is 1. The van der Waals surface area contributed by atoms with Crippen LogP contribution in [-0.2, 0) is 9.53 Å². The first kappa shape index (κ1) is 13.5. The lowest BCUT2D eigenvalue weighted by atomic mass is 10.2. The summed E-state index contributed by atoms with van der Waals surface area (Å²) in [6.07, 6.45) is 3.58. The van der Waals surface area contributed by atoms with Gasteiger partial charge in [-0.15, -0.1) is 0 Å². The zero-order valence-corrected chi connectivity index (χ0v) is 10.5. The Kier molecular flexibility index (Phi) is 5.22. The quantitative estimate of drug-likeness (QED) is 0.743. The molecule has 0 aliphatic heterocycles. The van der Waals surface area contributed by atoms with Gasteiger partial charge in [0.15, 0.2) is 0 Å². The number of nitrogens with two attached hydrogens (primary N) is 1. The second-order valence-electron chi connectivity index (χ2n) is 4.79. The summed E-state index contributed by atoms with van der Waals surface area (Å²) in [5.74, 6) is -0.0187. The summed E-state index contributed by atoms with van der Waals surface area (Å²) >= 11 is 0. The van der Waals surface area contributed by atoms with Gasteiger partial charge in [0.25, 0.3) is 0 Å². The Morgan fingerprint density at radius 2 is 2.19 bits per heavy atom. The Morgan fingerprint density at radius 3 is 2.69 bits per heavy atom. The van der Waals surface area contributed by atoms with Crippen molar-refractivity contribution in [3.63, 3.8) is 0 Å². The van der Waals surface area contributed by atoms with Crippen molar-refractivity contribution >= 4 is 5.91 Å². The Bertz CT molecular complexity index is 233. The topological polar surface area (TPSA) is 64.3 Å². The molecule has 4 atom stereocenters. The van der Waals surface area contributed by atoms with E-state index >= 15 is 0 Å². The Hall–Kier alpha value is -0.610. The van der Waals surface area contributed by atoms with Crippen LogP contribution in [0.3, 0.4) is 0 Å². The summed E-state index contributed by atoms with van der Waals surface area (Å²) in [7, 11) is 0. The second-order valence-corrected chi connectivity index (χ2v) is 4.79. The van der Waals surface area contributed by atoms with Gasteiger partial charge in [-0.2, -0.15) is 0 Å². The number of amides is 1. The molecule has 1 saturated carbocycles. The minimum Gasteiger partial charge on any atom is -0.365 e. The van der Waals surface area contributed by atoms with E-state index in [4.69, 9.17) is 10.5 Å². The number of hydrogen-bond donors (Lipinski definition) is 2. The maximum atomic E-state index is 11.7. The van der Waals surface area contributed by atoms with E-state index in [0.29, 0.717) is 0 Å². The van der Waals surface area contributed by atoms with Gasteiger partial charge >= 0.3 is 0 Å². The van der Waals surface area contributed by atoms with Crippen molar-refractivity contribution in [1.82, 2.24) is 5.32 Å². The van der Waals surface area contributed by atoms with Crippen molar-refractivity contribution < 1.29 is 9.53 Å². The molecule has 1 fully saturated rings. The van der Waals surface area contributed by atoms with Crippen LogP contribution in [0.1, 0.15) is 46.5 Å². The fourth-order valence-electron chi connectivity index (χ4n) is 1.91. The molecule has 4 heteroatoms. The van der Waals surface area contributed by atoms with Gasteiger partial charge in [0.1, 0.15) is 6.10 Å². The summed E-state index contributed by atoms with van der Waals surface area (Å²) in [6.45, 7) is 5.85. The smallest absolute Gasteiger partial charge is 0.249 e. The zero-order chi connectivity index (χ0) is 12.1. The summed E-state index contributed by atoms with van der Waals surface area (Å²) in [5.41, 5.74) is 5.80. The molecule has 0 spiro atoms. The summed E-state index contributed by atoms with van der Waals surface area (Å²) < 4.78 is 5.70. The van der Waals surface area contributed by atoms with Crippen LogP contribution in [0.5, 0.6) is 0 Å². The van der Waals surface area contributed by atoms with E-state index in [-0.39, 0.29) is 30.2 Å². The third-order valence-corrected chi connectivity index (χ3v) is 3.19. The molecule has 4 unspecified atom stereocenters. The molecule has 1 aliphatic rings. The van der Waals surface area contributed by atoms with E-state index in [2.05, 4.69) is 5.32 Å². The molecule has 1 aliphatic carbocycles. The molecule has 1 rings (SSSR count). The first-order valence-electron chi connectivity index (χ1n) is 6.24. The molecule has 0 aromatic heterocycles. The van der Waals surface area contributed by atoms with Crippen molar-refractivity contribution in [3.05, 3.63) is 0 Å². The van der Waals surface area contributed by atoms with Gasteiger partial charge in [-0.25, -0.2) is 0 Å². The van der Waals surface area contributed by atoms with Crippen LogP contribution in [0.15, 0.2) is 0 Å². The van der Waals surface area contributed by atoms with Crippen LogP contribution in [0.25, 0.3) is 0 Å². The average Bonchev–Trinajstić information content (AvgIpc) is 2.63. The fraction of sp³-hybridized carbons (Fsp3) is 0.917. The molecular formula is C12H24N2O2. The highest BCUT2D eigenvalue weighted by atomic mass is 16.5. The first-order chi connectivity index (χ1) is 7.52. The van der Waals surface area contributed by atoms with Gasteiger partial charge in [0, 0.05) is 12.1 Å². The van der Waals surface area contributed by atoms with Crippen molar-refractivity contribution in [1.29, 1.82) is 0 Å². The molecule has 0 aromatic rings. The number of carbonyl (C=O) groups excluding carboxylic acids is 1. The summed E-state index contributed by atoms with van der Waals surface area (Å²) in [5, 5.41) is 2.92. The molecule has 94 valence electrons. The van der Waals surface area contributed by atoms with E-state index in [1.54, 1.807) is 0 Å². The highest BCUT2D eigenvalue weighted by Crippen LogP contribution is 2.21. The van der Waals surface area contributed by atoms with Crippen molar-refractivity contribution in [2.75, 3.05) is 0 Å². The Morgan fingerprint density at radius 1 is 1.50 bits per heavy atom. The van der Waals surface area contributed by atoms with E-state index in [1.807, 2.05) is 20.8 Å². The molecule has 0 radical (unpaired) electrons. The minimum atomic E-state index is -0.371. The number of nitrogens with one attached hydrogen (secondary N) is 1. The average molecular weight is 228 g/mol. The molecule has 0 saturated heterocycles. The van der Waals surface area contributed by atoms with Crippen molar-refractivity contribution in [2.45, 2.75) is 70.7 Å². The van der Waals surface area contributed by atoms with Crippen molar-refractivity contribution in [3.8, 4) is 0 Å². The molecule has 16 heavy (non-hydrogen) atoms. The van der Waals surface area contributed by atoms with Gasteiger partial charge in [-0.1, -0.05) is 6.92 Å². The molecule has 4 nitrogen and oxygen atoms in total. The van der Waals surface area contributed by atoms with Crippen molar-refractivity contribution in [2.24, 2.45) is 5.73 Å². The molecule has 0 bridgehead atoms. The van der Waals surface area contributed by atoms with Crippen LogP contribution in [0, 0.1) is 0 Å². The highest BCUT2D eigenvalue weighted by molar-refractivity contribution is 5.80. The lowest BCUT2D eigenvalue weighted by Gasteiger charge is -2.20. The van der Waals surface area contributed by atoms with E-state index < -0.39 is 0 Å². The van der Waals surface area contributed by atoms with Crippen LogP contribution in [-0.4, -0.2) is 30.2 Å². The standard InChI is InChI=1S/C12H24N2O2/c1-4-8(2)14-12(15)9(3)16-11-6-5-10(13)7-11/h8-11H,4-7,13H2,1-3H3,(H,14,15). The third-order valence-electron chi connectivity index (χ3n) is 3.19. The van der Waals surface area contributed by atoms with E-state index in [0.717, 1.165) is 25.7 Å². The van der Waals surface area contributed by atoms with E-state index in [1.165, 1.54) is 0 Å². The third kappa shape index (κ3) is 4.10. The predicted molar refractivity (Wildman–Crippen MR) is 64.1 cm³/mol. The summed E-state index contributed by atoms with van der Waals surface area (Å²) in [6, 6.07) is 0.458.